The number of hydrogen-bond acceptors (Lipinski definition) is 4. The summed E-state index contributed by atoms with van der Waals surface area (Å²) in [6.07, 6.45) is 0. The fourth-order valence-corrected chi connectivity index (χ4v) is 1.29. The van der Waals surface area contributed by atoms with Crippen molar-refractivity contribution >= 4 is 8.25 Å². The molecule has 1 atom stereocenters. The van der Waals surface area contributed by atoms with Crippen LogP contribution in [0.4, 0.5) is 0 Å². The van der Waals surface area contributed by atoms with Crippen molar-refractivity contribution in [1.82, 2.24) is 0 Å². The maximum atomic E-state index is 11.0. The quantitative estimate of drug-likeness (QED) is 0.740. The van der Waals surface area contributed by atoms with Crippen LogP contribution in [0.25, 0.3) is 0 Å². The van der Waals surface area contributed by atoms with E-state index in [1.807, 2.05) is 6.07 Å². The molecule has 0 saturated carbocycles. The van der Waals surface area contributed by atoms with Crippen LogP contribution in [0.1, 0.15) is 1.43 Å². The zero-order valence-corrected chi connectivity index (χ0v) is 7.81. The van der Waals surface area contributed by atoms with Gasteiger partial charge in [-0.1, -0.05) is 18.2 Å². The van der Waals surface area contributed by atoms with Gasteiger partial charge in [-0.3, -0.25) is 0 Å². The Morgan fingerprint density at radius 3 is 2.69 bits per heavy atom. The van der Waals surface area contributed by atoms with Crippen molar-refractivity contribution in [2.24, 2.45) is 0 Å². The Morgan fingerprint density at radius 2 is 2.08 bits per heavy atom. The number of para-hydroxylation sites is 1. The lowest BCUT2D eigenvalue weighted by Crippen LogP contribution is -1.94. The van der Waals surface area contributed by atoms with Gasteiger partial charge in [0.25, 0.3) is 0 Å². The molecule has 0 aromatic heterocycles. The summed E-state index contributed by atoms with van der Waals surface area (Å²) in [5.41, 5.74) is 0. The van der Waals surface area contributed by atoms with E-state index in [-0.39, 0.29) is 14.6 Å². The summed E-state index contributed by atoms with van der Waals surface area (Å²) >= 11 is 0. The maximum absolute atomic E-state index is 11.0. The molecule has 1 unspecified atom stereocenters. The van der Waals surface area contributed by atoms with Crippen LogP contribution < -0.4 is 4.52 Å². The lowest BCUT2D eigenvalue weighted by Gasteiger charge is -1.90. The van der Waals surface area contributed by atoms with Crippen molar-refractivity contribution in [2.45, 2.75) is 0 Å². The van der Waals surface area contributed by atoms with Crippen molar-refractivity contribution < 1.29 is 20.1 Å². The van der Waals surface area contributed by atoms with E-state index >= 15 is 0 Å². The van der Waals surface area contributed by atoms with Gasteiger partial charge in [0.1, 0.15) is 6.61 Å². The van der Waals surface area contributed by atoms with E-state index in [0.29, 0.717) is 5.75 Å². The minimum Gasteiger partial charge on any atom is -0.394 e. The Balaban J connectivity index is 0.00000169. The zero-order valence-electron chi connectivity index (χ0n) is 7.92. The molecule has 0 aliphatic carbocycles. The van der Waals surface area contributed by atoms with E-state index in [1.165, 1.54) is 0 Å². The summed E-state index contributed by atoms with van der Waals surface area (Å²) in [5.74, 6) is 0.488. The van der Waals surface area contributed by atoms with E-state index in [1.54, 1.807) is 24.3 Å². The molecule has 0 heterocycles. The van der Waals surface area contributed by atoms with Gasteiger partial charge in [-0.15, -0.1) is 4.52 Å². The first-order valence-corrected chi connectivity index (χ1v) is 4.86. The van der Waals surface area contributed by atoms with Gasteiger partial charge < -0.3 is 5.11 Å². The SMILES string of the molecule is O=[P+](OCCO)Oc1ccccc1.[H+]. The van der Waals surface area contributed by atoms with E-state index in [4.69, 9.17) is 9.63 Å². The van der Waals surface area contributed by atoms with Gasteiger partial charge in [-0.2, -0.15) is 0 Å². The van der Waals surface area contributed by atoms with E-state index < -0.39 is 8.25 Å². The smallest absolute Gasteiger partial charge is 0.394 e. The van der Waals surface area contributed by atoms with Crippen LogP contribution >= 0.6 is 8.25 Å². The summed E-state index contributed by atoms with van der Waals surface area (Å²) in [6.45, 7) is -0.152. The van der Waals surface area contributed by atoms with Crippen molar-refractivity contribution in [3.63, 3.8) is 0 Å². The lowest BCUT2D eigenvalue weighted by molar-refractivity contribution is 0.195. The van der Waals surface area contributed by atoms with Gasteiger partial charge in [0, 0.05) is 4.57 Å². The lowest BCUT2D eigenvalue weighted by atomic mass is 10.3. The highest BCUT2D eigenvalue weighted by molar-refractivity contribution is 7.33. The molecule has 0 saturated heterocycles. The van der Waals surface area contributed by atoms with Crippen molar-refractivity contribution in [3.8, 4) is 5.75 Å². The highest BCUT2D eigenvalue weighted by Crippen LogP contribution is 2.26. The molecular weight excluding hydrogens is 191 g/mol. The number of benzene rings is 1. The fourth-order valence-electron chi connectivity index (χ4n) is 0.709. The highest BCUT2D eigenvalue weighted by atomic mass is 31.1. The third kappa shape index (κ3) is 3.99. The Hall–Kier alpha value is -0.960. The number of aliphatic hydroxyl groups is 1. The van der Waals surface area contributed by atoms with Crippen molar-refractivity contribution in [1.29, 1.82) is 0 Å². The molecule has 0 aliphatic heterocycles. The van der Waals surface area contributed by atoms with Gasteiger partial charge in [0.05, 0.1) is 6.61 Å². The molecule has 5 heteroatoms. The van der Waals surface area contributed by atoms with E-state index in [2.05, 4.69) is 4.52 Å². The minimum atomic E-state index is -2.17. The van der Waals surface area contributed by atoms with Crippen LogP contribution in [0.3, 0.4) is 0 Å². The second kappa shape index (κ2) is 5.65. The van der Waals surface area contributed by atoms with Gasteiger partial charge in [0.15, 0.2) is 5.75 Å². The third-order valence-corrected chi connectivity index (χ3v) is 1.96. The number of hydrogen-bond donors (Lipinski definition) is 1. The Kier molecular flexibility index (Phi) is 4.40. The predicted octanol–water partition coefficient (Wildman–Crippen LogP) is 1.84. The molecule has 0 fully saturated rings. The van der Waals surface area contributed by atoms with Crippen LogP contribution in [0.15, 0.2) is 30.3 Å². The molecule has 1 aromatic rings. The van der Waals surface area contributed by atoms with Gasteiger partial charge >= 0.3 is 9.68 Å². The summed E-state index contributed by atoms with van der Waals surface area (Å²) in [7, 11) is -2.17. The molecule has 1 aromatic carbocycles. The van der Waals surface area contributed by atoms with Crippen LogP contribution in [-0.2, 0) is 9.09 Å². The second-order valence-electron chi connectivity index (χ2n) is 2.18. The Bertz CT molecular complexity index is 267. The second-order valence-corrected chi connectivity index (χ2v) is 3.07. The summed E-state index contributed by atoms with van der Waals surface area (Å²) in [4.78, 5) is 0. The first-order chi connectivity index (χ1) is 6.33. The van der Waals surface area contributed by atoms with E-state index in [0.717, 1.165) is 0 Å². The average Bonchev–Trinajstić information content (AvgIpc) is 2.16. The monoisotopic (exact) mass is 202 g/mol. The number of aliphatic hydroxyl groups excluding tert-OH is 1. The molecule has 13 heavy (non-hydrogen) atoms. The van der Waals surface area contributed by atoms with Crippen molar-refractivity contribution in [3.05, 3.63) is 30.3 Å². The van der Waals surface area contributed by atoms with Crippen molar-refractivity contribution in [2.75, 3.05) is 13.2 Å². The summed E-state index contributed by atoms with van der Waals surface area (Å²) < 4.78 is 20.5. The van der Waals surface area contributed by atoms with Crippen LogP contribution in [0.5, 0.6) is 5.75 Å². The fraction of sp³-hybridized carbons (Fsp3) is 0.250. The zero-order chi connectivity index (χ0) is 9.52. The predicted molar refractivity (Wildman–Crippen MR) is 48.8 cm³/mol. The number of rotatable bonds is 5. The molecule has 0 radical (unpaired) electrons. The average molecular weight is 202 g/mol. The van der Waals surface area contributed by atoms with Gasteiger partial charge in [-0.05, 0) is 12.1 Å². The van der Waals surface area contributed by atoms with Gasteiger partial charge in [-0.25, -0.2) is 4.52 Å². The molecule has 70 valence electrons. The summed E-state index contributed by atoms with van der Waals surface area (Å²) in [6, 6.07) is 8.72. The largest absolute Gasteiger partial charge is 1.00 e. The normalized spacial score (nSPS) is 11.0. The first kappa shape index (κ1) is 10.1. The molecule has 1 rings (SSSR count). The molecule has 0 bridgehead atoms. The van der Waals surface area contributed by atoms with Crippen LogP contribution in [-0.4, -0.2) is 18.3 Å². The molecule has 1 N–H and O–H groups in total. The molecular formula is C8H11O4P+2. The Labute approximate surface area is 78.5 Å². The topological polar surface area (TPSA) is 55.8 Å². The van der Waals surface area contributed by atoms with Gasteiger partial charge in [0.2, 0.25) is 0 Å². The Morgan fingerprint density at radius 1 is 1.38 bits per heavy atom. The molecule has 0 spiro atoms. The molecule has 0 aliphatic rings. The van der Waals surface area contributed by atoms with E-state index in [9.17, 15) is 4.57 Å². The third-order valence-electron chi connectivity index (χ3n) is 1.21. The minimum absolute atomic E-state index is 0. The standard InChI is InChI=1S/C8H10O4P/c9-6-7-11-13(10)12-8-4-2-1-3-5-8/h1-5,9H,6-7H2/q+1/p+1. The molecule has 0 amide bonds. The maximum Gasteiger partial charge on any atom is 1.00 e. The molecule has 4 nitrogen and oxygen atoms in total. The van der Waals surface area contributed by atoms with Crippen LogP contribution in [0, 0.1) is 0 Å². The first-order valence-electron chi connectivity index (χ1n) is 3.77. The highest BCUT2D eigenvalue weighted by Gasteiger charge is 2.20. The summed E-state index contributed by atoms with van der Waals surface area (Å²) in [5, 5.41) is 8.37. The van der Waals surface area contributed by atoms with Crippen LogP contribution in [0.2, 0.25) is 0 Å².